The van der Waals surface area contributed by atoms with Crippen molar-refractivity contribution in [3.05, 3.63) is 23.8 Å². The number of carbonyl (C=O) groups excluding carboxylic acids is 3. The Balaban J connectivity index is 1.33. The van der Waals surface area contributed by atoms with Crippen LogP contribution in [-0.2, 0) is 28.6 Å². The molecule has 8 heteroatoms. The number of aliphatic hydroxyl groups is 1. The number of nitrogens with two attached hydrogens (primary N) is 1. The van der Waals surface area contributed by atoms with Gasteiger partial charge in [-0.1, -0.05) is 58.6 Å². The van der Waals surface area contributed by atoms with E-state index in [9.17, 15) is 19.5 Å². The smallest absolute Gasteiger partial charge is 0.323 e. The van der Waals surface area contributed by atoms with E-state index in [2.05, 4.69) is 13.8 Å². The van der Waals surface area contributed by atoms with Crippen LogP contribution in [0.4, 0.5) is 0 Å². The van der Waals surface area contributed by atoms with Crippen molar-refractivity contribution in [2.75, 3.05) is 6.61 Å². The molecule has 41 heavy (non-hydrogen) atoms. The van der Waals surface area contributed by atoms with Crippen molar-refractivity contribution >= 4 is 17.5 Å². The maximum absolute atomic E-state index is 14.4. The molecule has 0 amide bonds. The molecule has 5 aliphatic carbocycles. The number of Topliss-reactive ketones (excluding diaryl/α,β-unsaturated/α-hetero) is 1. The topological polar surface area (TPSA) is 125 Å². The zero-order chi connectivity index (χ0) is 29.3. The van der Waals surface area contributed by atoms with Gasteiger partial charge in [0.15, 0.2) is 24.3 Å². The fraction of sp³-hybridized carbons (Fsp3) is 0.788. The van der Waals surface area contributed by atoms with Crippen LogP contribution in [0.15, 0.2) is 23.8 Å². The predicted octanol–water partition coefficient (Wildman–Crippen LogP) is 4.03. The molecule has 0 unspecified atom stereocenters. The van der Waals surface area contributed by atoms with Gasteiger partial charge in [-0.25, -0.2) is 0 Å². The third-order valence-corrected chi connectivity index (χ3v) is 12.0. The summed E-state index contributed by atoms with van der Waals surface area (Å²) >= 11 is 0. The van der Waals surface area contributed by atoms with E-state index in [1.807, 2.05) is 19.9 Å². The Labute approximate surface area is 243 Å². The highest BCUT2D eigenvalue weighted by atomic mass is 16.7. The van der Waals surface area contributed by atoms with Gasteiger partial charge >= 0.3 is 5.97 Å². The highest BCUT2D eigenvalue weighted by molar-refractivity contribution is 6.01. The standard InChI is InChI=1S/C33H47NO7/c1-18(2)28(34)29(38)39-17-25(37)33-26(40-30(41-33)19-8-6-5-7-9-19)15-23-22-11-10-20-14-21(35)12-13-31(20,3)27(22)24(36)16-32(23,33)4/h12-14,18-19,22-24,26-28,30,36H,5-11,15-17,34H2,1-4H3/t22-,23-,24-,26+,27+,28+,30+,31-,32-,33+/m0/s1. The zero-order valence-corrected chi connectivity index (χ0v) is 25.0. The SMILES string of the molecule is CC(C)[C@@H](N)C(=O)OCC(=O)[C@@]12O[C@H](C3CCCCC3)O[C@@H]1C[C@H]1[C@@H]3CCC4=CC(=O)C=C[C@]4(C)[C@H]3[C@@H](O)C[C@@]12C. The quantitative estimate of drug-likeness (QED) is 0.460. The van der Waals surface area contributed by atoms with Gasteiger partial charge in [0.05, 0.1) is 12.2 Å². The summed E-state index contributed by atoms with van der Waals surface area (Å²) in [6.45, 7) is 7.51. The fourth-order valence-corrected chi connectivity index (χ4v) is 9.82. The molecular formula is C33H47NO7. The van der Waals surface area contributed by atoms with Crippen LogP contribution in [0, 0.1) is 40.4 Å². The molecule has 1 aliphatic heterocycles. The van der Waals surface area contributed by atoms with E-state index in [1.54, 1.807) is 12.2 Å². The van der Waals surface area contributed by atoms with Crippen LogP contribution in [0.3, 0.4) is 0 Å². The molecule has 1 saturated heterocycles. The summed E-state index contributed by atoms with van der Waals surface area (Å²) in [6, 6.07) is -0.809. The Kier molecular flexibility index (Phi) is 7.40. The number of aliphatic hydroxyl groups excluding tert-OH is 1. The zero-order valence-electron chi connectivity index (χ0n) is 25.0. The summed E-state index contributed by atoms with van der Waals surface area (Å²) in [5.41, 5.74) is 4.71. The van der Waals surface area contributed by atoms with E-state index in [0.717, 1.165) is 44.1 Å². The Morgan fingerprint density at radius 2 is 1.90 bits per heavy atom. The lowest BCUT2D eigenvalue weighted by Crippen LogP contribution is -2.64. The lowest BCUT2D eigenvalue weighted by molar-refractivity contribution is -0.210. The lowest BCUT2D eigenvalue weighted by Gasteiger charge is -2.59. The normalized spacial score (nSPS) is 44.5. The first-order chi connectivity index (χ1) is 19.4. The van der Waals surface area contributed by atoms with Crippen LogP contribution in [-0.4, -0.2) is 59.4 Å². The summed E-state index contributed by atoms with van der Waals surface area (Å²) in [4.78, 5) is 39.2. The number of ketones is 2. The molecule has 0 bridgehead atoms. The van der Waals surface area contributed by atoms with E-state index in [0.29, 0.717) is 12.8 Å². The lowest BCUT2D eigenvalue weighted by atomic mass is 9.46. The molecule has 10 atom stereocenters. The van der Waals surface area contributed by atoms with Crippen LogP contribution in [0.2, 0.25) is 0 Å². The minimum absolute atomic E-state index is 0.00768. The van der Waals surface area contributed by atoms with Gasteiger partial charge < -0.3 is 25.1 Å². The first kappa shape index (κ1) is 29.2. The van der Waals surface area contributed by atoms with Gasteiger partial charge in [-0.15, -0.1) is 0 Å². The minimum Gasteiger partial charge on any atom is -0.456 e. The molecule has 5 fully saturated rings. The van der Waals surface area contributed by atoms with Crippen molar-refractivity contribution in [3.63, 3.8) is 0 Å². The van der Waals surface area contributed by atoms with E-state index >= 15 is 0 Å². The van der Waals surface area contributed by atoms with Crippen molar-refractivity contribution in [1.29, 1.82) is 0 Å². The average molecular weight is 570 g/mol. The van der Waals surface area contributed by atoms with Crippen LogP contribution in [0.1, 0.15) is 85.5 Å². The number of carbonyl (C=O) groups is 3. The number of hydrogen-bond donors (Lipinski definition) is 2. The largest absolute Gasteiger partial charge is 0.456 e. The molecule has 6 aliphatic rings. The Hall–Kier alpha value is -1.87. The summed E-state index contributed by atoms with van der Waals surface area (Å²) in [6.07, 6.45) is 11.9. The molecular weight excluding hydrogens is 522 g/mol. The fourth-order valence-electron chi connectivity index (χ4n) is 9.82. The van der Waals surface area contributed by atoms with E-state index < -0.39 is 53.5 Å². The van der Waals surface area contributed by atoms with Gasteiger partial charge in [-0.2, -0.15) is 0 Å². The van der Waals surface area contributed by atoms with Gasteiger partial charge in [0.2, 0.25) is 5.78 Å². The van der Waals surface area contributed by atoms with Crippen LogP contribution in [0.25, 0.3) is 0 Å². The van der Waals surface area contributed by atoms with Gasteiger partial charge in [0.25, 0.3) is 0 Å². The number of hydrogen-bond acceptors (Lipinski definition) is 8. The van der Waals surface area contributed by atoms with Gasteiger partial charge in [0.1, 0.15) is 6.04 Å². The number of esters is 1. The number of ether oxygens (including phenoxy) is 3. The van der Waals surface area contributed by atoms with Gasteiger partial charge in [-0.05, 0) is 68.4 Å². The molecule has 0 spiro atoms. The van der Waals surface area contributed by atoms with Crippen molar-refractivity contribution in [2.45, 2.75) is 116 Å². The second kappa shape index (κ2) is 10.4. The highest BCUT2D eigenvalue weighted by Crippen LogP contribution is 2.70. The summed E-state index contributed by atoms with van der Waals surface area (Å²) in [7, 11) is 0. The van der Waals surface area contributed by atoms with E-state index in [1.165, 1.54) is 6.42 Å². The van der Waals surface area contributed by atoms with Crippen molar-refractivity contribution < 1.29 is 33.7 Å². The first-order valence-electron chi connectivity index (χ1n) is 15.8. The van der Waals surface area contributed by atoms with Crippen LogP contribution in [0.5, 0.6) is 0 Å². The number of rotatable bonds is 6. The Morgan fingerprint density at radius 3 is 2.61 bits per heavy atom. The molecule has 1 heterocycles. The molecule has 226 valence electrons. The van der Waals surface area contributed by atoms with Crippen LogP contribution >= 0.6 is 0 Å². The Bertz CT molecular complexity index is 1160. The third-order valence-electron chi connectivity index (χ3n) is 12.0. The predicted molar refractivity (Wildman–Crippen MR) is 151 cm³/mol. The second-order valence-corrected chi connectivity index (χ2v) is 14.5. The molecule has 0 aromatic rings. The van der Waals surface area contributed by atoms with Crippen LogP contribution < -0.4 is 5.73 Å². The number of allylic oxidation sites excluding steroid dienone is 4. The number of fused-ring (bicyclic) bond motifs is 7. The Morgan fingerprint density at radius 1 is 1.17 bits per heavy atom. The molecule has 8 nitrogen and oxygen atoms in total. The van der Waals surface area contributed by atoms with Crippen molar-refractivity contribution in [1.82, 2.24) is 0 Å². The van der Waals surface area contributed by atoms with Crippen molar-refractivity contribution in [2.24, 2.45) is 46.2 Å². The third kappa shape index (κ3) is 4.34. The summed E-state index contributed by atoms with van der Waals surface area (Å²) in [5, 5.41) is 11.9. The van der Waals surface area contributed by atoms with E-state index in [-0.39, 0.29) is 41.2 Å². The summed E-state index contributed by atoms with van der Waals surface area (Å²) in [5.74, 6) is -0.603. The van der Waals surface area contributed by atoms with Gasteiger partial charge in [-0.3, -0.25) is 14.4 Å². The average Bonchev–Trinajstić information content (AvgIpc) is 3.45. The monoisotopic (exact) mass is 569 g/mol. The van der Waals surface area contributed by atoms with Gasteiger partial charge in [0, 0.05) is 22.7 Å². The maximum Gasteiger partial charge on any atom is 0.323 e. The first-order valence-corrected chi connectivity index (χ1v) is 15.8. The molecule has 4 saturated carbocycles. The molecule has 6 rings (SSSR count). The molecule has 3 N–H and O–H groups in total. The minimum atomic E-state index is -1.30. The molecule has 0 aromatic carbocycles. The highest BCUT2D eigenvalue weighted by Gasteiger charge is 2.76. The second-order valence-electron chi connectivity index (χ2n) is 14.5. The van der Waals surface area contributed by atoms with E-state index in [4.69, 9.17) is 19.9 Å². The van der Waals surface area contributed by atoms with Crippen molar-refractivity contribution in [3.8, 4) is 0 Å². The molecule has 0 aromatic heterocycles. The maximum atomic E-state index is 14.4. The summed E-state index contributed by atoms with van der Waals surface area (Å²) < 4.78 is 19.1. The molecule has 0 radical (unpaired) electrons.